The first kappa shape index (κ1) is 15.6. The van der Waals surface area contributed by atoms with Crippen LogP contribution >= 0.6 is 0 Å². The molecule has 116 valence electrons. The summed E-state index contributed by atoms with van der Waals surface area (Å²) in [4.78, 5) is 13.7. The maximum absolute atomic E-state index is 11.9. The summed E-state index contributed by atoms with van der Waals surface area (Å²) in [7, 11) is -1.74. The van der Waals surface area contributed by atoms with Crippen molar-refractivity contribution in [2.75, 3.05) is 30.7 Å². The molecule has 1 heterocycles. The summed E-state index contributed by atoms with van der Waals surface area (Å²) in [5.74, 6) is 0. The molecule has 0 spiro atoms. The van der Waals surface area contributed by atoms with Gasteiger partial charge in [-0.3, -0.25) is 4.31 Å². The largest absolute Gasteiger partial charge is 0.334 e. The van der Waals surface area contributed by atoms with Crippen molar-refractivity contribution in [3.05, 3.63) is 29.8 Å². The summed E-state index contributed by atoms with van der Waals surface area (Å²) < 4.78 is 24.1. The zero-order chi connectivity index (χ0) is 15.5. The Labute approximate surface area is 125 Å². The SMILES string of the molecule is CN(c1ccc(CNC(=O)N2CCCC2)cc1)S(C)(=O)=O. The minimum atomic E-state index is -3.25. The standard InChI is InChI=1S/C14H21N3O3S/c1-16(21(2,19)20)13-7-5-12(6-8-13)11-15-14(18)17-9-3-4-10-17/h5-8H,3-4,9-11H2,1-2H3,(H,15,18). The molecule has 0 aromatic heterocycles. The lowest BCUT2D eigenvalue weighted by molar-refractivity contribution is 0.208. The van der Waals surface area contributed by atoms with Crippen molar-refractivity contribution >= 4 is 21.7 Å². The van der Waals surface area contributed by atoms with Gasteiger partial charge in [0.2, 0.25) is 10.0 Å². The van der Waals surface area contributed by atoms with Crippen LogP contribution in [0.4, 0.5) is 10.5 Å². The Morgan fingerprint density at radius 2 is 1.81 bits per heavy atom. The molecule has 1 fully saturated rings. The van der Waals surface area contributed by atoms with Crippen molar-refractivity contribution in [2.45, 2.75) is 19.4 Å². The Hall–Kier alpha value is -1.76. The third-order valence-corrected chi connectivity index (χ3v) is 4.84. The van der Waals surface area contributed by atoms with Gasteiger partial charge >= 0.3 is 6.03 Å². The third kappa shape index (κ3) is 4.10. The zero-order valence-electron chi connectivity index (χ0n) is 12.4. The number of benzene rings is 1. The second-order valence-corrected chi connectivity index (χ2v) is 7.26. The lowest BCUT2D eigenvalue weighted by Gasteiger charge is -2.18. The van der Waals surface area contributed by atoms with Gasteiger partial charge in [-0.15, -0.1) is 0 Å². The fourth-order valence-corrected chi connectivity index (χ4v) is 2.73. The quantitative estimate of drug-likeness (QED) is 0.913. The van der Waals surface area contributed by atoms with Crippen molar-refractivity contribution in [2.24, 2.45) is 0 Å². The highest BCUT2D eigenvalue weighted by Gasteiger charge is 2.17. The van der Waals surface area contributed by atoms with Crippen LogP contribution in [0.5, 0.6) is 0 Å². The van der Waals surface area contributed by atoms with Gasteiger partial charge in [-0.05, 0) is 30.5 Å². The fraction of sp³-hybridized carbons (Fsp3) is 0.500. The number of urea groups is 1. The highest BCUT2D eigenvalue weighted by atomic mass is 32.2. The van der Waals surface area contributed by atoms with Crippen molar-refractivity contribution in [3.63, 3.8) is 0 Å². The van der Waals surface area contributed by atoms with Gasteiger partial charge in [0.05, 0.1) is 11.9 Å². The molecule has 0 atom stereocenters. The summed E-state index contributed by atoms with van der Waals surface area (Å²) in [5, 5.41) is 2.87. The van der Waals surface area contributed by atoms with Gasteiger partial charge in [0, 0.05) is 26.7 Å². The Morgan fingerprint density at radius 1 is 1.24 bits per heavy atom. The third-order valence-electron chi connectivity index (χ3n) is 3.63. The minimum Gasteiger partial charge on any atom is -0.334 e. The molecule has 0 unspecified atom stereocenters. The van der Waals surface area contributed by atoms with E-state index in [1.165, 1.54) is 11.4 Å². The molecule has 21 heavy (non-hydrogen) atoms. The molecule has 2 rings (SSSR count). The maximum atomic E-state index is 11.9. The van der Waals surface area contributed by atoms with Crippen LogP contribution < -0.4 is 9.62 Å². The van der Waals surface area contributed by atoms with E-state index in [0.29, 0.717) is 12.2 Å². The van der Waals surface area contributed by atoms with Crippen LogP contribution in [-0.4, -0.2) is 45.7 Å². The fourth-order valence-electron chi connectivity index (χ4n) is 2.22. The van der Waals surface area contributed by atoms with Crippen LogP contribution in [0.25, 0.3) is 0 Å². The van der Waals surface area contributed by atoms with E-state index < -0.39 is 10.0 Å². The van der Waals surface area contributed by atoms with E-state index in [9.17, 15) is 13.2 Å². The summed E-state index contributed by atoms with van der Waals surface area (Å²) in [6, 6.07) is 7.07. The van der Waals surface area contributed by atoms with E-state index >= 15 is 0 Å². The van der Waals surface area contributed by atoms with E-state index in [2.05, 4.69) is 5.32 Å². The summed E-state index contributed by atoms with van der Waals surface area (Å²) in [6.07, 6.45) is 3.30. The number of rotatable bonds is 4. The van der Waals surface area contributed by atoms with Gasteiger partial charge in [0.1, 0.15) is 0 Å². The minimum absolute atomic E-state index is 0.0372. The Kier molecular flexibility index (Phi) is 4.72. The van der Waals surface area contributed by atoms with Gasteiger partial charge < -0.3 is 10.2 Å². The number of anilines is 1. The number of hydrogen-bond donors (Lipinski definition) is 1. The smallest absolute Gasteiger partial charge is 0.317 e. The number of likely N-dealkylation sites (tertiary alicyclic amines) is 1. The van der Waals surface area contributed by atoms with Gasteiger partial charge in [0.15, 0.2) is 0 Å². The molecule has 1 aliphatic rings. The molecule has 0 saturated carbocycles. The molecule has 1 aromatic rings. The predicted molar refractivity (Wildman–Crippen MR) is 82.7 cm³/mol. The second-order valence-electron chi connectivity index (χ2n) is 5.25. The van der Waals surface area contributed by atoms with Gasteiger partial charge in [0.25, 0.3) is 0 Å². The summed E-state index contributed by atoms with van der Waals surface area (Å²) in [6.45, 7) is 2.09. The van der Waals surface area contributed by atoms with Crippen LogP contribution in [0.1, 0.15) is 18.4 Å². The maximum Gasteiger partial charge on any atom is 0.317 e. The van der Waals surface area contributed by atoms with E-state index in [-0.39, 0.29) is 6.03 Å². The number of carbonyl (C=O) groups excluding carboxylic acids is 1. The van der Waals surface area contributed by atoms with E-state index in [1.807, 2.05) is 17.0 Å². The van der Waals surface area contributed by atoms with E-state index in [0.717, 1.165) is 37.8 Å². The van der Waals surface area contributed by atoms with Crippen LogP contribution in [-0.2, 0) is 16.6 Å². The van der Waals surface area contributed by atoms with Crippen molar-refractivity contribution in [3.8, 4) is 0 Å². The van der Waals surface area contributed by atoms with Crippen molar-refractivity contribution in [1.82, 2.24) is 10.2 Å². The van der Waals surface area contributed by atoms with Crippen LogP contribution in [0.15, 0.2) is 24.3 Å². The van der Waals surface area contributed by atoms with E-state index in [4.69, 9.17) is 0 Å². The zero-order valence-corrected chi connectivity index (χ0v) is 13.2. The van der Waals surface area contributed by atoms with Crippen molar-refractivity contribution in [1.29, 1.82) is 0 Å². The Bertz CT molecular complexity index is 592. The normalized spacial score (nSPS) is 15.0. The molecule has 1 saturated heterocycles. The van der Waals surface area contributed by atoms with Gasteiger partial charge in [-0.1, -0.05) is 12.1 Å². The lowest BCUT2D eigenvalue weighted by Crippen LogP contribution is -2.37. The number of carbonyl (C=O) groups is 1. The Balaban J connectivity index is 1.92. The van der Waals surface area contributed by atoms with Gasteiger partial charge in [-0.2, -0.15) is 0 Å². The highest BCUT2D eigenvalue weighted by Crippen LogP contribution is 2.16. The Morgan fingerprint density at radius 3 is 2.33 bits per heavy atom. The molecular formula is C14H21N3O3S. The van der Waals surface area contributed by atoms with Crippen LogP contribution in [0.2, 0.25) is 0 Å². The molecule has 2 amide bonds. The number of hydrogen-bond acceptors (Lipinski definition) is 3. The first-order chi connectivity index (χ1) is 9.88. The van der Waals surface area contributed by atoms with Gasteiger partial charge in [-0.25, -0.2) is 13.2 Å². The van der Waals surface area contributed by atoms with Crippen LogP contribution in [0.3, 0.4) is 0 Å². The predicted octanol–water partition coefficient (Wildman–Crippen LogP) is 1.39. The molecule has 6 nitrogen and oxygen atoms in total. The molecule has 0 radical (unpaired) electrons. The number of amides is 2. The molecule has 1 aliphatic heterocycles. The summed E-state index contributed by atoms with van der Waals surface area (Å²) >= 11 is 0. The number of nitrogens with zero attached hydrogens (tertiary/aromatic N) is 2. The number of sulfonamides is 1. The lowest BCUT2D eigenvalue weighted by atomic mass is 10.2. The number of nitrogens with one attached hydrogen (secondary N) is 1. The first-order valence-electron chi connectivity index (χ1n) is 6.93. The molecule has 1 N–H and O–H groups in total. The monoisotopic (exact) mass is 311 g/mol. The second kappa shape index (κ2) is 6.34. The average molecular weight is 311 g/mol. The molecular weight excluding hydrogens is 290 g/mol. The first-order valence-corrected chi connectivity index (χ1v) is 8.78. The van der Waals surface area contributed by atoms with Crippen molar-refractivity contribution < 1.29 is 13.2 Å². The summed E-state index contributed by atoms with van der Waals surface area (Å²) in [5.41, 5.74) is 1.54. The van der Waals surface area contributed by atoms with E-state index in [1.54, 1.807) is 12.1 Å². The topological polar surface area (TPSA) is 69.7 Å². The average Bonchev–Trinajstić information content (AvgIpc) is 2.98. The molecule has 1 aromatic carbocycles. The molecule has 0 bridgehead atoms. The molecule has 0 aliphatic carbocycles. The van der Waals surface area contributed by atoms with Crippen LogP contribution in [0, 0.1) is 0 Å². The highest BCUT2D eigenvalue weighted by molar-refractivity contribution is 7.92. The molecule has 7 heteroatoms.